The van der Waals surface area contributed by atoms with Gasteiger partial charge >= 0.3 is 0 Å². The van der Waals surface area contributed by atoms with Crippen LogP contribution in [0.15, 0.2) is 24.3 Å². The highest BCUT2D eigenvalue weighted by molar-refractivity contribution is 5.37. The highest BCUT2D eigenvalue weighted by Crippen LogP contribution is 2.45. The second kappa shape index (κ2) is 5.95. The summed E-state index contributed by atoms with van der Waals surface area (Å²) in [6.07, 6.45) is 7.21. The Labute approximate surface area is 133 Å². The van der Waals surface area contributed by atoms with Gasteiger partial charge in [-0.3, -0.25) is 4.90 Å². The smallest absolute Gasteiger partial charge is 0.0719 e. The lowest BCUT2D eigenvalue weighted by molar-refractivity contribution is 0.00511. The summed E-state index contributed by atoms with van der Waals surface area (Å²) >= 11 is 0. The standard InChI is InChI=1S/C19H28N2O/c22-18-7-11-20-14-17(18)21-12-9-19(10-13-21)8-3-5-15-4-1-2-6-16(15)19/h1-2,4,6,17-18,20,22H,3,5,7-14H2/t17-,18-/m0/s1. The third kappa shape index (κ3) is 2.49. The molecule has 120 valence electrons. The van der Waals surface area contributed by atoms with Crippen LogP contribution in [-0.2, 0) is 11.8 Å². The van der Waals surface area contributed by atoms with E-state index in [0.717, 1.165) is 32.6 Å². The number of benzene rings is 1. The number of hydrogen-bond donors (Lipinski definition) is 2. The Bertz CT molecular complexity index is 522. The summed E-state index contributed by atoms with van der Waals surface area (Å²) in [6.45, 7) is 4.18. The van der Waals surface area contributed by atoms with Gasteiger partial charge in [-0.15, -0.1) is 0 Å². The van der Waals surface area contributed by atoms with E-state index in [1.165, 1.54) is 32.1 Å². The van der Waals surface area contributed by atoms with Gasteiger partial charge in [-0.2, -0.15) is 0 Å². The van der Waals surface area contributed by atoms with Gasteiger partial charge in [0.1, 0.15) is 0 Å². The van der Waals surface area contributed by atoms with E-state index >= 15 is 0 Å². The summed E-state index contributed by atoms with van der Waals surface area (Å²) in [5, 5.41) is 13.7. The van der Waals surface area contributed by atoms with Crippen LogP contribution in [0.4, 0.5) is 0 Å². The van der Waals surface area contributed by atoms with Crippen molar-refractivity contribution >= 4 is 0 Å². The van der Waals surface area contributed by atoms with Crippen LogP contribution in [0.2, 0.25) is 0 Å². The highest BCUT2D eigenvalue weighted by atomic mass is 16.3. The molecule has 3 nitrogen and oxygen atoms in total. The number of nitrogens with zero attached hydrogens (tertiary/aromatic N) is 1. The number of aliphatic hydroxyl groups excluding tert-OH is 1. The molecule has 2 atom stereocenters. The SMILES string of the molecule is O[C@H]1CCNC[C@@H]1N1CCC2(CCCc3ccccc32)CC1. The van der Waals surface area contributed by atoms with Crippen LogP contribution in [0.25, 0.3) is 0 Å². The first-order valence-electron chi connectivity index (χ1n) is 9.00. The molecule has 22 heavy (non-hydrogen) atoms. The maximum atomic E-state index is 10.3. The van der Waals surface area contributed by atoms with Gasteiger partial charge in [0.2, 0.25) is 0 Å². The van der Waals surface area contributed by atoms with Crippen molar-refractivity contribution in [2.24, 2.45) is 0 Å². The Morgan fingerprint density at radius 2 is 1.95 bits per heavy atom. The molecule has 1 aliphatic carbocycles. The average Bonchev–Trinajstić information content (AvgIpc) is 2.57. The molecule has 1 aromatic rings. The monoisotopic (exact) mass is 300 g/mol. The minimum atomic E-state index is -0.144. The lowest BCUT2D eigenvalue weighted by Crippen LogP contribution is -2.57. The topological polar surface area (TPSA) is 35.5 Å². The molecule has 0 unspecified atom stereocenters. The molecule has 0 bridgehead atoms. The molecule has 2 fully saturated rings. The molecule has 0 radical (unpaired) electrons. The number of hydrogen-bond acceptors (Lipinski definition) is 3. The van der Waals surface area contributed by atoms with Gasteiger partial charge in [0.05, 0.1) is 6.10 Å². The molecule has 3 aliphatic rings. The van der Waals surface area contributed by atoms with Gasteiger partial charge in [0.25, 0.3) is 0 Å². The molecule has 4 rings (SSSR count). The first-order chi connectivity index (χ1) is 10.8. The lowest BCUT2D eigenvalue weighted by Gasteiger charge is -2.48. The second-order valence-electron chi connectivity index (χ2n) is 7.45. The van der Waals surface area contributed by atoms with Crippen molar-refractivity contribution in [2.75, 3.05) is 26.2 Å². The quantitative estimate of drug-likeness (QED) is 0.833. The molecule has 2 saturated heterocycles. The molecular weight excluding hydrogens is 272 g/mol. The van der Waals surface area contributed by atoms with E-state index < -0.39 is 0 Å². The Morgan fingerprint density at radius 3 is 2.77 bits per heavy atom. The predicted octanol–water partition coefficient (Wildman–Crippen LogP) is 2.08. The fourth-order valence-electron chi connectivity index (χ4n) is 5.01. The number of aliphatic hydroxyl groups is 1. The van der Waals surface area contributed by atoms with Crippen LogP contribution in [0, 0.1) is 0 Å². The van der Waals surface area contributed by atoms with Gasteiger partial charge in [-0.1, -0.05) is 24.3 Å². The third-order valence-electron chi connectivity index (χ3n) is 6.33. The van der Waals surface area contributed by atoms with E-state index in [0.29, 0.717) is 11.5 Å². The average molecular weight is 300 g/mol. The number of aryl methyl sites for hydroxylation is 1. The van der Waals surface area contributed by atoms with Crippen LogP contribution < -0.4 is 5.32 Å². The van der Waals surface area contributed by atoms with Crippen LogP contribution in [0.5, 0.6) is 0 Å². The van der Waals surface area contributed by atoms with Gasteiger partial charge in [0.15, 0.2) is 0 Å². The molecule has 1 aromatic carbocycles. The largest absolute Gasteiger partial charge is 0.391 e. The van der Waals surface area contributed by atoms with Crippen molar-refractivity contribution in [3.63, 3.8) is 0 Å². The maximum absolute atomic E-state index is 10.3. The van der Waals surface area contributed by atoms with Crippen molar-refractivity contribution < 1.29 is 5.11 Å². The maximum Gasteiger partial charge on any atom is 0.0719 e. The van der Waals surface area contributed by atoms with Crippen LogP contribution in [-0.4, -0.2) is 48.3 Å². The lowest BCUT2D eigenvalue weighted by atomic mass is 9.64. The highest BCUT2D eigenvalue weighted by Gasteiger charge is 2.41. The zero-order valence-electron chi connectivity index (χ0n) is 13.4. The number of nitrogens with one attached hydrogen (secondary N) is 1. The predicted molar refractivity (Wildman–Crippen MR) is 89.1 cm³/mol. The van der Waals surface area contributed by atoms with E-state index in [9.17, 15) is 5.11 Å². The fourth-order valence-corrected chi connectivity index (χ4v) is 5.01. The van der Waals surface area contributed by atoms with E-state index in [4.69, 9.17) is 0 Å². The van der Waals surface area contributed by atoms with Gasteiger partial charge in [-0.25, -0.2) is 0 Å². The van der Waals surface area contributed by atoms with Gasteiger partial charge in [-0.05, 0) is 74.7 Å². The van der Waals surface area contributed by atoms with Gasteiger partial charge < -0.3 is 10.4 Å². The van der Waals surface area contributed by atoms with E-state index in [2.05, 4.69) is 34.5 Å². The molecular formula is C19H28N2O. The number of rotatable bonds is 1. The van der Waals surface area contributed by atoms with Crippen molar-refractivity contribution in [1.29, 1.82) is 0 Å². The minimum absolute atomic E-state index is 0.144. The zero-order chi connectivity index (χ0) is 15.0. The van der Waals surface area contributed by atoms with Gasteiger partial charge in [0, 0.05) is 12.6 Å². The molecule has 0 saturated carbocycles. The first kappa shape index (κ1) is 14.7. The molecule has 3 heteroatoms. The van der Waals surface area contributed by atoms with Crippen molar-refractivity contribution in [3.8, 4) is 0 Å². The third-order valence-corrected chi connectivity index (χ3v) is 6.33. The van der Waals surface area contributed by atoms with Crippen LogP contribution in [0.3, 0.4) is 0 Å². The molecule has 2 N–H and O–H groups in total. The summed E-state index contributed by atoms with van der Waals surface area (Å²) in [4.78, 5) is 2.54. The molecule has 2 aliphatic heterocycles. The van der Waals surface area contributed by atoms with Crippen molar-refractivity contribution in [1.82, 2.24) is 10.2 Å². The summed E-state index contributed by atoms with van der Waals surface area (Å²) < 4.78 is 0. The zero-order valence-corrected chi connectivity index (χ0v) is 13.4. The fraction of sp³-hybridized carbons (Fsp3) is 0.684. The summed E-state index contributed by atoms with van der Waals surface area (Å²) in [5.41, 5.74) is 3.63. The van der Waals surface area contributed by atoms with E-state index in [1.54, 1.807) is 11.1 Å². The Kier molecular flexibility index (Phi) is 3.97. The second-order valence-corrected chi connectivity index (χ2v) is 7.45. The number of piperidine rings is 2. The summed E-state index contributed by atoms with van der Waals surface area (Å²) in [5.74, 6) is 0. The number of likely N-dealkylation sites (tertiary alicyclic amines) is 1. The van der Waals surface area contributed by atoms with Crippen molar-refractivity contribution in [2.45, 2.75) is 56.1 Å². The molecule has 0 amide bonds. The van der Waals surface area contributed by atoms with E-state index in [-0.39, 0.29) is 6.10 Å². The van der Waals surface area contributed by atoms with Crippen molar-refractivity contribution in [3.05, 3.63) is 35.4 Å². The Balaban J connectivity index is 1.50. The molecule has 0 aromatic heterocycles. The first-order valence-corrected chi connectivity index (χ1v) is 9.00. The summed E-state index contributed by atoms with van der Waals surface area (Å²) in [7, 11) is 0. The normalized spacial score (nSPS) is 31.9. The molecule has 1 spiro atoms. The summed E-state index contributed by atoms with van der Waals surface area (Å²) in [6, 6.07) is 9.44. The Hall–Kier alpha value is -0.900. The minimum Gasteiger partial charge on any atom is -0.391 e. The van der Waals surface area contributed by atoms with E-state index in [1.807, 2.05) is 0 Å². The van der Waals surface area contributed by atoms with Crippen LogP contribution >= 0.6 is 0 Å². The molecule has 2 heterocycles. The number of fused-ring (bicyclic) bond motifs is 2. The Morgan fingerprint density at radius 1 is 1.14 bits per heavy atom. The van der Waals surface area contributed by atoms with Crippen LogP contribution in [0.1, 0.15) is 43.2 Å².